The monoisotopic (exact) mass is 269 g/mol. The second-order valence-corrected chi connectivity index (χ2v) is 3.97. The van der Waals surface area contributed by atoms with E-state index in [4.69, 9.17) is 5.11 Å². The molecule has 3 nitrogen and oxygen atoms in total. The number of nitrogens with one attached hydrogen (secondary N) is 1. The molecule has 0 heterocycles. The number of carbonyl (C=O) groups excluding carboxylic acids is 1. The first-order chi connectivity index (χ1) is 9.70. The van der Waals surface area contributed by atoms with Gasteiger partial charge in [-0.2, -0.15) is 0 Å². The molecule has 0 aliphatic rings. The maximum absolute atomic E-state index is 13.8. The fourth-order valence-corrected chi connectivity index (χ4v) is 1.62. The number of aliphatic hydroxyl groups is 1. The van der Waals surface area contributed by atoms with Crippen LogP contribution in [0.4, 0.5) is 10.1 Å². The van der Waals surface area contributed by atoms with Gasteiger partial charge in [0.05, 0.1) is 5.69 Å². The smallest absolute Gasteiger partial charge is 0.255 e. The standard InChI is InChI=1S/C16H12FNO2/c17-14-11-12(5-4-10-19)8-9-15(14)18-16(20)13-6-2-1-3-7-13/h1-3,6-9,11,19H,10H2,(H,18,20). The van der Waals surface area contributed by atoms with Crippen molar-refractivity contribution in [1.82, 2.24) is 0 Å². The van der Waals surface area contributed by atoms with Gasteiger partial charge >= 0.3 is 0 Å². The normalized spacial score (nSPS) is 9.50. The highest BCUT2D eigenvalue weighted by atomic mass is 19.1. The van der Waals surface area contributed by atoms with Gasteiger partial charge in [0.25, 0.3) is 5.91 Å². The van der Waals surface area contributed by atoms with Gasteiger partial charge in [0.2, 0.25) is 0 Å². The molecule has 0 spiro atoms. The lowest BCUT2D eigenvalue weighted by Gasteiger charge is -2.06. The number of rotatable bonds is 2. The third-order valence-corrected chi connectivity index (χ3v) is 2.57. The number of anilines is 1. The molecule has 0 saturated carbocycles. The van der Waals surface area contributed by atoms with E-state index in [1.807, 2.05) is 0 Å². The van der Waals surface area contributed by atoms with Crippen molar-refractivity contribution in [1.29, 1.82) is 0 Å². The number of halogens is 1. The quantitative estimate of drug-likeness (QED) is 0.823. The topological polar surface area (TPSA) is 49.3 Å². The lowest BCUT2D eigenvalue weighted by atomic mass is 10.1. The Kier molecular flexibility index (Phi) is 4.48. The van der Waals surface area contributed by atoms with Crippen LogP contribution in [0.3, 0.4) is 0 Å². The Morgan fingerprint density at radius 2 is 1.95 bits per heavy atom. The van der Waals surface area contributed by atoms with E-state index in [2.05, 4.69) is 17.2 Å². The van der Waals surface area contributed by atoms with Gasteiger partial charge in [-0.15, -0.1) is 0 Å². The highest BCUT2D eigenvalue weighted by molar-refractivity contribution is 6.04. The molecule has 0 fully saturated rings. The SMILES string of the molecule is O=C(Nc1ccc(C#CCO)cc1F)c1ccccc1. The van der Waals surface area contributed by atoms with E-state index in [-0.39, 0.29) is 18.2 Å². The minimum absolute atomic E-state index is 0.0911. The van der Waals surface area contributed by atoms with Crippen LogP contribution in [-0.2, 0) is 0 Å². The maximum atomic E-state index is 13.8. The molecule has 0 bridgehead atoms. The second kappa shape index (κ2) is 6.50. The van der Waals surface area contributed by atoms with Crippen LogP contribution in [0.1, 0.15) is 15.9 Å². The largest absolute Gasteiger partial charge is 0.384 e. The van der Waals surface area contributed by atoms with E-state index >= 15 is 0 Å². The summed E-state index contributed by atoms with van der Waals surface area (Å²) in [6, 6.07) is 12.8. The first kappa shape index (κ1) is 13.8. The highest BCUT2D eigenvalue weighted by Gasteiger charge is 2.08. The van der Waals surface area contributed by atoms with E-state index in [1.165, 1.54) is 12.1 Å². The summed E-state index contributed by atoms with van der Waals surface area (Å²) in [7, 11) is 0. The van der Waals surface area contributed by atoms with Crippen LogP contribution in [0, 0.1) is 17.7 Å². The maximum Gasteiger partial charge on any atom is 0.255 e. The van der Waals surface area contributed by atoms with Crippen molar-refractivity contribution in [2.45, 2.75) is 0 Å². The molecule has 100 valence electrons. The summed E-state index contributed by atoms with van der Waals surface area (Å²) < 4.78 is 13.8. The van der Waals surface area contributed by atoms with Crippen LogP contribution in [0.25, 0.3) is 0 Å². The molecule has 2 rings (SSSR count). The third kappa shape index (κ3) is 3.44. The molecule has 2 N–H and O–H groups in total. The number of hydrogen-bond acceptors (Lipinski definition) is 2. The molecular formula is C16H12FNO2. The average molecular weight is 269 g/mol. The summed E-state index contributed by atoms with van der Waals surface area (Å²) in [5.74, 6) is 4.08. The van der Waals surface area contributed by atoms with Gasteiger partial charge in [-0.1, -0.05) is 30.0 Å². The Hall–Kier alpha value is -2.64. The van der Waals surface area contributed by atoms with Crippen LogP contribution in [0.5, 0.6) is 0 Å². The van der Waals surface area contributed by atoms with Gasteiger partial charge in [0, 0.05) is 11.1 Å². The average Bonchev–Trinajstić information content (AvgIpc) is 2.48. The van der Waals surface area contributed by atoms with Crippen LogP contribution in [0.2, 0.25) is 0 Å². The van der Waals surface area contributed by atoms with Gasteiger partial charge in [-0.25, -0.2) is 4.39 Å². The molecule has 2 aromatic rings. The zero-order valence-electron chi connectivity index (χ0n) is 10.6. The first-order valence-electron chi connectivity index (χ1n) is 5.96. The van der Waals surface area contributed by atoms with E-state index < -0.39 is 5.82 Å². The molecule has 4 heteroatoms. The number of aliphatic hydroxyl groups excluding tert-OH is 1. The third-order valence-electron chi connectivity index (χ3n) is 2.57. The van der Waals surface area contributed by atoms with Gasteiger partial charge < -0.3 is 10.4 Å². The molecule has 0 saturated heterocycles. The number of carbonyl (C=O) groups is 1. The molecule has 0 aromatic heterocycles. The number of benzene rings is 2. The molecule has 20 heavy (non-hydrogen) atoms. The number of amides is 1. The molecular weight excluding hydrogens is 257 g/mol. The Bertz CT molecular complexity index is 672. The molecule has 0 aliphatic heterocycles. The van der Waals surface area contributed by atoms with E-state index in [9.17, 15) is 9.18 Å². The van der Waals surface area contributed by atoms with Crippen molar-refractivity contribution >= 4 is 11.6 Å². The Labute approximate surface area is 116 Å². The fourth-order valence-electron chi connectivity index (χ4n) is 1.62. The van der Waals surface area contributed by atoms with Crippen molar-refractivity contribution < 1.29 is 14.3 Å². The van der Waals surface area contributed by atoms with Gasteiger partial charge in [0.15, 0.2) is 0 Å². The van der Waals surface area contributed by atoms with Crippen LogP contribution in [0.15, 0.2) is 48.5 Å². The molecule has 0 unspecified atom stereocenters. The summed E-state index contributed by atoms with van der Waals surface area (Å²) in [5.41, 5.74) is 0.985. The second-order valence-electron chi connectivity index (χ2n) is 3.97. The van der Waals surface area contributed by atoms with Gasteiger partial charge in [-0.3, -0.25) is 4.79 Å². The summed E-state index contributed by atoms with van der Waals surface area (Å²) in [4.78, 5) is 11.9. The molecule has 0 atom stereocenters. The van der Waals surface area contributed by atoms with Crippen LogP contribution < -0.4 is 5.32 Å². The Balaban J connectivity index is 2.16. The summed E-state index contributed by atoms with van der Waals surface area (Å²) in [6.45, 7) is -0.284. The molecule has 2 aromatic carbocycles. The Morgan fingerprint density at radius 1 is 1.20 bits per heavy atom. The summed E-state index contributed by atoms with van der Waals surface area (Å²) in [6.07, 6.45) is 0. The lowest BCUT2D eigenvalue weighted by molar-refractivity contribution is 0.102. The van der Waals surface area contributed by atoms with Crippen molar-refractivity contribution in [2.24, 2.45) is 0 Å². The molecule has 0 radical (unpaired) electrons. The minimum Gasteiger partial charge on any atom is -0.384 e. The lowest BCUT2D eigenvalue weighted by Crippen LogP contribution is -2.12. The van der Waals surface area contributed by atoms with Gasteiger partial charge in [0.1, 0.15) is 12.4 Å². The van der Waals surface area contributed by atoms with E-state index in [0.717, 1.165) is 0 Å². The molecule has 0 aliphatic carbocycles. The predicted octanol–water partition coefficient (Wildman–Crippen LogP) is 2.42. The molecule has 1 amide bonds. The minimum atomic E-state index is -0.570. The zero-order valence-corrected chi connectivity index (χ0v) is 10.6. The Morgan fingerprint density at radius 3 is 2.60 bits per heavy atom. The van der Waals surface area contributed by atoms with Crippen LogP contribution >= 0.6 is 0 Å². The van der Waals surface area contributed by atoms with E-state index in [1.54, 1.807) is 36.4 Å². The van der Waals surface area contributed by atoms with Crippen molar-refractivity contribution in [3.63, 3.8) is 0 Å². The zero-order chi connectivity index (χ0) is 14.4. The summed E-state index contributed by atoms with van der Waals surface area (Å²) >= 11 is 0. The van der Waals surface area contributed by atoms with Crippen LogP contribution in [-0.4, -0.2) is 17.6 Å². The first-order valence-corrected chi connectivity index (χ1v) is 5.96. The summed E-state index contributed by atoms with van der Waals surface area (Å²) in [5, 5.41) is 11.1. The number of hydrogen-bond donors (Lipinski definition) is 2. The van der Waals surface area contributed by atoms with Gasteiger partial charge in [-0.05, 0) is 30.3 Å². The van der Waals surface area contributed by atoms with Crippen molar-refractivity contribution in [2.75, 3.05) is 11.9 Å². The van der Waals surface area contributed by atoms with Crippen molar-refractivity contribution in [3.8, 4) is 11.8 Å². The predicted molar refractivity (Wildman–Crippen MR) is 74.8 cm³/mol. The van der Waals surface area contributed by atoms with E-state index in [0.29, 0.717) is 11.1 Å². The highest BCUT2D eigenvalue weighted by Crippen LogP contribution is 2.16. The van der Waals surface area contributed by atoms with Crippen molar-refractivity contribution in [3.05, 3.63) is 65.5 Å². The fraction of sp³-hybridized carbons (Fsp3) is 0.0625.